The van der Waals surface area contributed by atoms with Crippen LogP contribution in [0.2, 0.25) is 4.34 Å². The van der Waals surface area contributed by atoms with Crippen molar-refractivity contribution in [3.8, 4) is 0 Å². The predicted molar refractivity (Wildman–Crippen MR) is 78.9 cm³/mol. The molecule has 96 valence electrons. The van der Waals surface area contributed by atoms with Gasteiger partial charge < -0.3 is 0 Å². The van der Waals surface area contributed by atoms with Crippen LogP contribution in [0.5, 0.6) is 0 Å². The van der Waals surface area contributed by atoms with Crippen molar-refractivity contribution in [2.75, 3.05) is 7.05 Å². The van der Waals surface area contributed by atoms with Gasteiger partial charge in [-0.05, 0) is 37.6 Å². The van der Waals surface area contributed by atoms with Crippen molar-refractivity contribution in [2.24, 2.45) is 0 Å². The molecule has 2 heterocycles. The lowest BCUT2D eigenvalue weighted by atomic mass is 10.1. The number of nitrogens with zero attached hydrogens (tertiary/aromatic N) is 1. The Morgan fingerprint density at radius 1 is 1.44 bits per heavy atom. The Morgan fingerprint density at radius 3 is 2.78 bits per heavy atom. The molecule has 2 aromatic heterocycles. The van der Waals surface area contributed by atoms with Gasteiger partial charge in [-0.25, -0.2) is 0 Å². The van der Waals surface area contributed by atoms with Crippen LogP contribution in [-0.2, 0) is 6.54 Å². The third-order valence-electron chi connectivity index (χ3n) is 2.84. The van der Waals surface area contributed by atoms with E-state index in [2.05, 4.69) is 16.3 Å². The second kappa shape index (κ2) is 5.97. The zero-order valence-electron chi connectivity index (χ0n) is 10.2. The zero-order valence-corrected chi connectivity index (χ0v) is 12.6. The third kappa shape index (κ3) is 3.20. The Hall–Kier alpha value is -0.680. The Balaban J connectivity index is 2.02. The Labute approximate surface area is 120 Å². The summed E-state index contributed by atoms with van der Waals surface area (Å²) in [5, 5.41) is 2.05. The van der Waals surface area contributed by atoms with Gasteiger partial charge in [0.15, 0.2) is 5.78 Å². The number of thiophene rings is 2. The number of likely N-dealkylation sites (N-methyl/N-ethyl adjacent to an activating group) is 1. The Kier molecular flexibility index (Phi) is 4.56. The number of hydrogen-bond donors (Lipinski definition) is 0. The number of rotatable bonds is 5. The molecule has 0 saturated carbocycles. The van der Waals surface area contributed by atoms with E-state index in [1.165, 1.54) is 16.2 Å². The van der Waals surface area contributed by atoms with Crippen molar-refractivity contribution in [3.05, 3.63) is 43.7 Å². The molecule has 1 unspecified atom stereocenters. The number of carbonyl (C=O) groups is 1. The van der Waals surface area contributed by atoms with Crippen LogP contribution in [0.25, 0.3) is 0 Å². The van der Waals surface area contributed by atoms with E-state index in [0.29, 0.717) is 4.34 Å². The van der Waals surface area contributed by atoms with E-state index in [4.69, 9.17) is 11.6 Å². The van der Waals surface area contributed by atoms with Gasteiger partial charge in [0.05, 0.1) is 15.3 Å². The second-order valence-corrected chi connectivity index (χ2v) is 6.89. The average Bonchev–Trinajstić information content (AvgIpc) is 2.98. The van der Waals surface area contributed by atoms with E-state index in [1.807, 2.05) is 20.0 Å². The smallest absolute Gasteiger partial charge is 0.189 e. The van der Waals surface area contributed by atoms with E-state index in [1.54, 1.807) is 23.5 Å². The quantitative estimate of drug-likeness (QED) is 0.773. The lowest BCUT2D eigenvalue weighted by molar-refractivity contribution is 0.0867. The van der Waals surface area contributed by atoms with Gasteiger partial charge in [-0.3, -0.25) is 9.69 Å². The van der Waals surface area contributed by atoms with Crippen molar-refractivity contribution < 1.29 is 4.79 Å². The van der Waals surface area contributed by atoms with E-state index in [9.17, 15) is 4.79 Å². The minimum atomic E-state index is -0.137. The van der Waals surface area contributed by atoms with E-state index in [-0.39, 0.29) is 11.8 Å². The van der Waals surface area contributed by atoms with Crippen molar-refractivity contribution in [2.45, 2.75) is 19.5 Å². The molecule has 2 nitrogen and oxygen atoms in total. The molecule has 0 aromatic carbocycles. The van der Waals surface area contributed by atoms with Crippen molar-refractivity contribution in [3.63, 3.8) is 0 Å². The molecule has 2 aromatic rings. The third-order valence-corrected chi connectivity index (χ3v) is 4.95. The molecular formula is C13H14ClNOS2. The molecule has 0 aliphatic rings. The van der Waals surface area contributed by atoms with E-state index < -0.39 is 0 Å². The molecule has 0 amide bonds. The normalized spacial score (nSPS) is 12.9. The fourth-order valence-corrected chi connectivity index (χ4v) is 3.47. The zero-order chi connectivity index (χ0) is 13.1. The summed E-state index contributed by atoms with van der Waals surface area (Å²) in [6, 6.07) is 7.54. The Morgan fingerprint density at radius 2 is 2.22 bits per heavy atom. The van der Waals surface area contributed by atoms with Gasteiger partial charge >= 0.3 is 0 Å². The van der Waals surface area contributed by atoms with Gasteiger partial charge in [0, 0.05) is 11.4 Å². The lowest BCUT2D eigenvalue weighted by Crippen LogP contribution is -2.35. The van der Waals surface area contributed by atoms with Gasteiger partial charge in [0.2, 0.25) is 0 Å². The summed E-state index contributed by atoms with van der Waals surface area (Å²) in [4.78, 5) is 16.3. The minimum Gasteiger partial charge on any atom is -0.291 e. The minimum absolute atomic E-state index is 0.131. The summed E-state index contributed by atoms with van der Waals surface area (Å²) in [6.07, 6.45) is 0. The molecule has 0 radical (unpaired) electrons. The number of hydrogen-bond acceptors (Lipinski definition) is 4. The number of halogens is 1. The first kappa shape index (κ1) is 13.7. The topological polar surface area (TPSA) is 20.3 Å². The van der Waals surface area contributed by atoms with Crippen molar-refractivity contribution in [1.82, 2.24) is 4.90 Å². The van der Waals surface area contributed by atoms with Crippen molar-refractivity contribution >= 4 is 40.1 Å². The molecule has 0 spiro atoms. The van der Waals surface area contributed by atoms with Crippen LogP contribution in [0.15, 0.2) is 29.6 Å². The summed E-state index contributed by atoms with van der Waals surface area (Å²) in [5.41, 5.74) is 0. The molecule has 0 N–H and O–H groups in total. The van der Waals surface area contributed by atoms with Crippen LogP contribution >= 0.6 is 34.3 Å². The summed E-state index contributed by atoms with van der Waals surface area (Å²) in [6.45, 7) is 2.73. The fourth-order valence-electron chi connectivity index (χ4n) is 1.64. The SMILES string of the molecule is CC(C(=O)c1ccc(Cl)s1)N(C)Cc1cccs1. The highest BCUT2D eigenvalue weighted by atomic mass is 35.5. The van der Waals surface area contributed by atoms with E-state index in [0.717, 1.165) is 11.4 Å². The highest BCUT2D eigenvalue weighted by molar-refractivity contribution is 7.18. The molecular weight excluding hydrogens is 286 g/mol. The predicted octanol–water partition coefficient (Wildman–Crippen LogP) is 4.17. The molecule has 2 rings (SSSR count). The first-order valence-corrected chi connectivity index (χ1v) is 7.67. The van der Waals surface area contributed by atoms with Gasteiger partial charge in [-0.1, -0.05) is 17.7 Å². The number of ketones is 1. The van der Waals surface area contributed by atoms with Gasteiger partial charge in [-0.2, -0.15) is 0 Å². The monoisotopic (exact) mass is 299 g/mol. The number of Topliss-reactive ketones (excluding diaryl/α,β-unsaturated/α-hetero) is 1. The molecule has 1 atom stereocenters. The summed E-state index contributed by atoms with van der Waals surface area (Å²) < 4.78 is 0.659. The van der Waals surface area contributed by atoms with Gasteiger partial charge in [0.1, 0.15) is 0 Å². The average molecular weight is 300 g/mol. The molecule has 18 heavy (non-hydrogen) atoms. The first-order chi connectivity index (χ1) is 8.58. The van der Waals surface area contributed by atoms with Crippen LogP contribution in [0, 0.1) is 0 Å². The highest BCUT2D eigenvalue weighted by Crippen LogP contribution is 2.24. The lowest BCUT2D eigenvalue weighted by Gasteiger charge is -2.22. The van der Waals surface area contributed by atoms with Crippen LogP contribution < -0.4 is 0 Å². The molecule has 0 aliphatic heterocycles. The molecule has 0 aliphatic carbocycles. The van der Waals surface area contributed by atoms with Crippen LogP contribution in [-0.4, -0.2) is 23.8 Å². The van der Waals surface area contributed by atoms with Crippen LogP contribution in [0.4, 0.5) is 0 Å². The maximum absolute atomic E-state index is 12.2. The second-order valence-electron chi connectivity index (χ2n) is 4.14. The van der Waals surface area contributed by atoms with Gasteiger partial charge in [0.25, 0.3) is 0 Å². The van der Waals surface area contributed by atoms with Crippen LogP contribution in [0.1, 0.15) is 21.5 Å². The molecule has 0 saturated heterocycles. The van der Waals surface area contributed by atoms with Crippen LogP contribution in [0.3, 0.4) is 0 Å². The van der Waals surface area contributed by atoms with Crippen molar-refractivity contribution in [1.29, 1.82) is 0 Å². The standard InChI is InChI=1S/C13H14ClNOS2/c1-9(13(16)11-5-6-12(14)18-11)15(2)8-10-4-3-7-17-10/h3-7,9H,8H2,1-2H3. The Bertz CT molecular complexity index is 521. The maximum atomic E-state index is 12.2. The molecule has 0 bridgehead atoms. The highest BCUT2D eigenvalue weighted by Gasteiger charge is 2.21. The summed E-state index contributed by atoms with van der Waals surface area (Å²) in [7, 11) is 1.97. The summed E-state index contributed by atoms with van der Waals surface area (Å²) in [5.74, 6) is 0.131. The molecule has 5 heteroatoms. The molecule has 0 fully saturated rings. The largest absolute Gasteiger partial charge is 0.291 e. The van der Waals surface area contributed by atoms with Gasteiger partial charge in [-0.15, -0.1) is 22.7 Å². The number of carbonyl (C=O) groups excluding carboxylic acids is 1. The maximum Gasteiger partial charge on any atom is 0.189 e. The van der Waals surface area contributed by atoms with E-state index >= 15 is 0 Å². The summed E-state index contributed by atoms with van der Waals surface area (Å²) >= 11 is 8.91. The first-order valence-electron chi connectivity index (χ1n) is 5.60. The fraction of sp³-hybridized carbons (Fsp3) is 0.308.